The van der Waals surface area contributed by atoms with Crippen molar-refractivity contribution in [2.45, 2.75) is 6.54 Å². The molecule has 150 valence electrons. The fraction of sp³-hybridized carbons (Fsp3) is 0.182. The van der Waals surface area contributed by atoms with Crippen molar-refractivity contribution in [3.05, 3.63) is 76.9 Å². The molecule has 0 aliphatic rings. The zero-order valence-corrected chi connectivity index (χ0v) is 17.1. The predicted molar refractivity (Wildman–Crippen MR) is 112 cm³/mol. The largest absolute Gasteiger partial charge is 0.493 e. The number of halogens is 1. The molecule has 0 aliphatic heterocycles. The number of anilines is 1. The van der Waals surface area contributed by atoms with Crippen LogP contribution in [0.1, 0.15) is 15.9 Å². The third-order valence-electron chi connectivity index (χ3n) is 4.31. The molecule has 0 unspecified atom stereocenters. The van der Waals surface area contributed by atoms with E-state index in [1.165, 1.54) is 21.3 Å². The number of carbonyl (C=O) groups excluding carboxylic acids is 1. The van der Waals surface area contributed by atoms with Crippen LogP contribution in [0.25, 0.3) is 0 Å². The summed E-state index contributed by atoms with van der Waals surface area (Å²) in [6, 6.07) is 16.0. The maximum absolute atomic E-state index is 13.5. The molecule has 0 saturated carbocycles. The van der Waals surface area contributed by atoms with Crippen LogP contribution >= 0.6 is 11.6 Å². The monoisotopic (exact) mass is 412 g/mol. The summed E-state index contributed by atoms with van der Waals surface area (Å²) in [4.78, 5) is 19.4. The first-order valence-electron chi connectivity index (χ1n) is 8.84. The molecule has 3 aromatic rings. The molecular formula is C22H21ClN2O4. The fourth-order valence-corrected chi connectivity index (χ4v) is 3.16. The summed E-state index contributed by atoms with van der Waals surface area (Å²) in [5.74, 6) is 1.48. The topological polar surface area (TPSA) is 60.9 Å². The first-order valence-corrected chi connectivity index (χ1v) is 9.22. The van der Waals surface area contributed by atoms with Crippen LogP contribution in [0.3, 0.4) is 0 Å². The van der Waals surface area contributed by atoms with Crippen molar-refractivity contribution in [2.24, 2.45) is 0 Å². The van der Waals surface area contributed by atoms with Gasteiger partial charge in [0.15, 0.2) is 11.5 Å². The van der Waals surface area contributed by atoms with E-state index in [4.69, 9.17) is 25.8 Å². The van der Waals surface area contributed by atoms with Crippen LogP contribution in [-0.2, 0) is 6.54 Å². The van der Waals surface area contributed by atoms with E-state index in [0.29, 0.717) is 40.2 Å². The molecule has 0 aliphatic carbocycles. The van der Waals surface area contributed by atoms with Crippen molar-refractivity contribution in [2.75, 3.05) is 26.2 Å². The summed E-state index contributed by atoms with van der Waals surface area (Å²) in [7, 11) is 4.53. The van der Waals surface area contributed by atoms with E-state index >= 15 is 0 Å². The fourth-order valence-electron chi connectivity index (χ4n) is 2.95. The van der Waals surface area contributed by atoms with Crippen LogP contribution in [0, 0.1) is 0 Å². The van der Waals surface area contributed by atoms with Crippen LogP contribution < -0.4 is 19.1 Å². The molecule has 1 amide bonds. The van der Waals surface area contributed by atoms with Crippen molar-refractivity contribution in [3.8, 4) is 17.2 Å². The van der Waals surface area contributed by atoms with Crippen molar-refractivity contribution in [3.63, 3.8) is 0 Å². The summed E-state index contributed by atoms with van der Waals surface area (Å²) >= 11 is 6.12. The normalized spacial score (nSPS) is 10.3. The Balaban J connectivity index is 2.05. The lowest BCUT2D eigenvalue weighted by Crippen LogP contribution is -2.31. The lowest BCUT2D eigenvalue weighted by molar-refractivity contribution is 0.0983. The predicted octanol–water partition coefficient (Wildman–Crippen LogP) is 4.61. The van der Waals surface area contributed by atoms with E-state index in [1.54, 1.807) is 41.4 Å². The van der Waals surface area contributed by atoms with Gasteiger partial charge in [-0.25, -0.2) is 4.98 Å². The zero-order valence-electron chi connectivity index (χ0n) is 16.4. The van der Waals surface area contributed by atoms with Crippen LogP contribution in [0.15, 0.2) is 60.8 Å². The Kier molecular flexibility index (Phi) is 6.57. The van der Waals surface area contributed by atoms with Crippen LogP contribution in [0.5, 0.6) is 17.2 Å². The Morgan fingerprint density at radius 1 is 0.966 bits per heavy atom. The van der Waals surface area contributed by atoms with Gasteiger partial charge in [0.1, 0.15) is 5.82 Å². The standard InChI is InChI=1S/C22H21ClN2O4/c1-27-18-12-16(13-19(28-2)21(18)29-3)22(26)25(20-9-4-5-10-24-20)14-15-7-6-8-17(23)11-15/h4-13H,14H2,1-3H3. The van der Waals surface area contributed by atoms with Crippen molar-refractivity contribution < 1.29 is 19.0 Å². The SMILES string of the molecule is COc1cc(C(=O)N(Cc2cccc(Cl)c2)c2ccccn2)cc(OC)c1OC. The minimum Gasteiger partial charge on any atom is -0.493 e. The summed E-state index contributed by atoms with van der Waals surface area (Å²) < 4.78 is 16.1. The number of nitrogens with zero attached hydrogens (tertiary/aromatic N) is 2. The second-order valence-corrected chi connectivity index (χ2v) is 6.56. The lowest BCUT2D eigenvalue weighted by Gasteiger charge is -2.23. The molecule has 1 heterocycles. The molecule has 29 heavy (non-hydrogen) atoms. The van der Waals surface area contributed by atoms with Crippen LogP contribution in [-0.4, -0.2) is 32.2 Å². The highest BCUT2D eigenvalue weighted by atomic mass is 35.5. The van der Waals surface area contributed by atoms with E-state index in [1.807, 2.05) is 24.3 Å². The van der Waals surface area contributed by atoms with Gasteiger partial charge in [0, 0.05) is 16.8 Å². The molecule has 2 aromatic carbocycles. The van der Waals surface area contributed by atoms with E-state index in [2.05, 4.69) is 4.98 Å². The maximum atomic E-state index is 13.5. The third-order valence-corrected chi connectivity index (χ3v) is 4.55. The number of aromatic nitrogens is 1. The average molecular weight is 413 g/mol. The Bertz CT molecular complexity index is 970. The van der Waals surface area contributed by atoms with Gasteiger partial charge in [0.05, 0.1) is 27.9 Å². The van der Waals surface area contributed by atoms with Gasteiger partial charge < -0.3 is 14.2 Å². The van der Waals surface area contributed by atoms with Gasteiger partial charge in [-0.1, -0.05) is 29.8 Å². The number of rotatable bonds is 7. The van der Waals surface area contributed by atoms with E-state index < -0.39 is 0 Å². The van der Waals surface area contributed by atoms with Crippen LogP contribution in [0.2, 0.25) is 5.02 Å². The Morgan fingerprint density at radius 3 is 2.24 bits per heavy atom. The Morgan fingerprint density at radius 2 is 1.69 bits per heavy atom. The Labute approximate surface area is 174 Å². The molecular weight excluding hydrogens is 392 g/mol. The Hall–Kier alpha value is -3.25. The highest BCUT2D eigenvalue weighted by molar-refractivity contribution is 6.30. The zero-order chi connectivity index (χ0) is 20.8. The number of methoxy groups -OCH3 is 3. The van der Waals surface area contributed by atoms with Crippen molar-refractivity contribution >= 4 is 23.3 Å². The smallest absolute Gasteiger partial charge is 0.260 e. The third kappa shape index (κ3) is 4.60. The van der Waals surface area contributed by atoms with Gasteiger partial charge in [-0.15, -0.1) is 0 Å². The quantitative estimate of drug-likeness (QED) is 0.567. The van der Waals surface area contributed by atoms with Gasteiger partial charge in [-0.2, -0.15) is 0 Å². The summed E-state index contributed by atoms with van der Waals surface area (Å²) in [5.41, 5.74) is 1.26. The minimum atomic E-state index is -0.261. The molecule has 0 N–H and O–H groups in total. The number of hydrogen-bond donors (Lipinski definition) is 0. The highest BCUT2D eigenvalue weighted by Crippen LogP contribution is 2.38. The number of benzene rings is 2. The average Bonchev–Trinajstić information content (AvgIpc) is 2.76. The van der Waals surface area contributed by atoms with Gasteiger partial charge in [0.2, 0.25) is 5.75 Å². The molecule has 0 saturated heterocycles. The first-order chi connectivity index (χ1) is 14.1. The van der Waals surface area contributed by atoms with Gasteiger partial charge in [-0.05, 0) is 42.0 Å². The summed E-state index contributed by atoms with van der Waals surface area (Å²) in [5, 5.41) is 0.601. The molecule has 0 atom stereocenters. The number of pyridine rings is 1. The summed E-state index contributed by atoms with van der Waals surface area (Å²) in [6.07, 6.45) is 1.64. The molecule has 6 nitrogen and oxygen atoms in total. The number of amides is 1. The van der Waals surface area contributed by atoms with Gasteiger partial charge in [-0.3, -0.25) is 9.69 Å². The highest BCUT2D eigenvalue weighted by Gasteiger charge is 2.23. The van der Waals surface area contributed by atoms with Crippen molar-refractivity contribution in [1.82, 2.24) is 4.98 Å². The van der Waals surface area contributed by atoms with Crippen LogP contribution in [0.4, 0.5) is 5.82 Å². The summed E-state index contributed by atoms with van der Waals surface area (Å²) in [6.45, 7) is 0.299. The minimum absolute atomic E-state index is 0.261. The van der Waals surface area contributed by atoms with E-state index in [9.17, 15) is 4.79 Å². The maximum Gasteiger partial charge on any atom is 0.260 e. The molecule has 0 spiro atoms. The molecule has 7 heteroatoms. The van der Waals surface area contributed by atoms with Crippen molar-refractivity contribution in [1.29, 1.82) is 0 Å². The lowest BCUT2D eigenvalue weighted by atomic mass is 10.1. The number of carbonyl (C=O) groups is 1. The van der Waals surface area contributed by atoms with E-state index in [0.717, 1.165) is 5.56 Å². The van der Waals surface area contributed by atoms with Gasteiger partial charge in [0.25, 0.3) is 5.91 Å². The van der Waals surface area contributed by atoms with E-state index in [-0.39, 0.29) is 5.91 Å². The molecule has 0 bridgehead atoms. The van der Waals surface area contributed by atoms with Gasteiger partial charge >= 0.3 is 0 Å². The molecule has 1 aromatic heterocycles. The molecule has 0 radical (unpaired) electrons. The number of ether oxygens (including phenoxy) is 3. The first kappa shape index (κ1) is 20.5. The molecule has 3 rings (SSSR count). The number of hydrogen-bond acceptors (Lipinski definition) is 5. The molecule has 0 fully saturated rings. The second kappa shape index (κ2) is 9.30. The second-order valence-electron chi connectivity index (χ2n) is 6.12.